The highest BCUT2D eigenvalue weighted by molar-refractivity contribution is 14.0. The molecule has 2 N–H and O–H groups in total. The third-order valence-corrected chi connectivity index (χ3v) is 2.69. The number of ether oxygens (including phenoxy) is 1. The summed E-state index contributed by atoms with van der Waals surface area (Å²) in [4.78, 5) is 6.97. The van der Waals surface area contributed by atoms with Crippen molar-refractivity contribution in [2.45, 2.75) is 20.3 Å². The van der Waals surface area contributed by atoms with Crippen LogP contribution in [0.4, 0.5) is 0 Å². The topological polar surface area (TPSA) is 48.9 Å². The second-order valence-corrected chi connectivity index (χ2v) is 4.10. The average Bonchev–Trinajstić information content (AvgIpc) is 2.36. The summed E-state index contributed by atoms with van der Waals surface area (Å²) in [6, 6.07) is 0. The van der Waals surface area contributed by atoms with Crippen LogP contribution >= 0.6 is 24.0 Å². The molecule has 0 aromatic rings. The van der Waals surface area contributed by atoms with Crippen molar-refractivity contribution < 1.29 is 4.74 Å². The van der Waals surface area contributed by atoms with Crippen molar-refractivity contribution in [2.24, 2.45) is 4.99 Å². The molecule has 18 heavy (non-hydrogen) atoms. The lowest BCUT2D eigenvalue weighted by Crippen LogP contribution is -2.38. The van der Waals surface area contributed by atoms with E-state index >= 15 is 0 Å². The molecule has 0 aromatic heterocycles. The quantitative estimate of drug-likeness (QED) is 0.316. The van der Waals surface area contributed by atoms with Crippen molar-refractivity contribution in [3.05, 3.63) is 0 Å². The van der Waals surface area contributed by atoms with Crippen LogP contribution in [-0.2, 0) is 4.74 Å². The molecule has 1 rings (SSSR count). The molecule has 1 aliphatic heterocycles. The Kier molecular flexibility index (Phi) is 11.9. The van der Waals surface area contributed by atoms with Gasteiger partial charge in [-0.1, -0.05) is 0 Å². The van der Waals surface area contributed by atoms with Crippen molar-refractivity contribution in [3.63, 3.8) is 0 Å². The normalized spacial score (nSPS) is 15.7. The number of hydrogen-bond donors (Lipinski definition) is 2. The summed E-state index contributed by atoms with van der Waals surface area (Å²) < 4.78 is 5.32. The van der Waals surface area contributed by atoms with Gasteiger partial charge in [0.25, 0.3) is 0 Å². The lowest BCUT2D eigenvalue weighted by Gasteiger charge is -2.26. The molecule has 1 saturated heterocycles. The zero-order valence-electron chi connectivity index (χ0n) is 11.6. The third-order valence-electron chi connectivity index (χ3n) is 2.69. The fourth-order valence-electron chi connectivity index (χ4n) is 1.82. The molecule has 0 bridgehead atoms. The van der Waals surface area contributed by atoms with E-state index in [9.17, 15) is 0 Å². The van der Waals surface area contributed by atoms with Crippen molar-refractivity contribution in [3.8, 4) is 0 Å². The first-order chi connectivity index (χ1) is 8.36. The Labute approximate surface area is 128 Å². The zero-order chi connectivity index (χ0) is 12.3. The number of guanidine groups is 1. The van der Waals surface area contributed by atoms with Gasteiger partial charge in [-0.15, -0.1) is 24.0 Å². The van der Waals surface area contributed by atoms with Gasteiger partial charge in [0, 0.05) is 39.3 Å². The maximum absolute atomic E-state index is 5.32. The van der Waals surface area contributed by atoms with Crippen LogP contribution in [0.5, 0.6) is 0 Å². The average molecular weight is 370 g/mol. The highest BCUT2D eigenvalue weighted by Crippen LogP contribution is 1.97. The minimum absolute atomic E-state index is 0. The molecule has 108 valence electrons. The second kappa shape index (κ2) is 12.0. The van der Waals surface area contributed by atoms with Crippen LogP contribution in [0.3, 0.4) is 0 Å². The maximum atomic E-state index is 5.32. The Morgan fingerprint density at radius 2 is 1.78 bits per heavy atom. The number of hydrogen-bond acceptors (Lipinski definition) is 3. The first kappa shape index (κ1) is 17.9. The molecule has 0 amide bonds. The van der Waals surface area contributed by atoms with Gasteiger partial charge in [0.15, 0.2) is 5.96 Å². The first-order valence-electron chi connectivity index (χ1n) is 6.69. The summed E-state index contributed by atoms with van der Waals surface area (Å²) in [6.45, 7) is 11.9. The van der Waals surface area contributed by atoms with E-state index in [1.54, 1.807) is 0 Å². The van der Waals surface area contributed by atoms with Crippen LogP contribution in [0.25, 0.3) is 0 Å². The number of morpholine rings is 1. The van der Waals surface area contributed by atoms with Crippen molar-refractivity contribution in [2.75, 3.05) is 52.5 Å². The molecule has 1 aliphatic rings. The summed E-state index contributed by atoms with van der Waals surface area (Å²) in [6.07, 6.45) is 1.11. The molecule has 0 spiro atoms. The van der Waals surface area contributed by atoms with E-state index in [4.69, 9.17) is 4.74 Å². The molecule has 0 saturated carbocycles. The number of halogens is 1. The van der Waals surface area contributed by atoms with Gasteiger partial charge in [0.05, 0.1) is 13.2 Å². The molecule has 0 aromatic carbocycles. The molecular weight excluding hydrogens is 343 g/mol. The van der Waals surface area contributed by atoms with E-state index in [2.05, 4.69) is 34.4 Å². The van der Waals surface area contributed by atoms with Crippen molar-refractivity contribution in [1.29, 1.82) is 0 Å². The number of rotatable bonds is 6. The van der Waals surface area contributed by atoms with Gasteiger partial charge in [-0.25, -0.2) is 0 Å². The minimum Gasteiger partial charge on any atom is -0.379 e. The van der Waals surface area contributed by atoms with Gasteiger partial charge in [-0.05, 0) is 20.3 Å². The highest BCUT2D eigenvalue weighted by Gasteiger charge is 2.08. The van der Waals surface area contributed by atoms with Crippen LogP contribution in [0.2, 0.25) is 0 Å². The summed E-state index contributed by atoms with van der Waals surface area (Å²) in [5, 5.41) is 6.45. The number of nitrogens with zero attached hydrogens (tertiary/aromatic N) is 2. The third kappa shape index (κ3) is 8.10. The minimum atomic E-state index is 0. The lowest BCUT2D eigenvalue weighted by molar-refractivity contribution is 0.0377. The second-order valence-electron chi connectivity index (χ2n) is 4.10. The summed E-state index contributed by atoms with van der Waals surface area (Å²) in [7, 11) is 0. The predicted molar refractivity (Wildman–Crippen MR) is 86.9 cm³/mol. The molecule has 1 heterocycles. The van der Waals surface area contributed by atoms with Crippen LogP contribution in [-0.4, -0.2) is 63.3 Å². The summed E-state index contributed by atoms with van der Waals surface area (Å²) >= 11 is 0. The standard InChI is InChI=1S/C12H26N4O.HI/c1-3-13-12(14-4-2)15-6-5-7-16-8-10-17-11-9-16;/h3-11H2,1-2H3,(H2,13,14,15);1H. The van der Waals surface area contributed by atoms with E-state index in [1.165, 1.54) is 0 Å². The largest absolute Gasteiger partial charge is 0.379 e. The fourth-order valence-corrected chi connectivity index (χ4v) is 1.82. The lowest BCUT2D eigenvalue weighted by atomic mass is 10.3. The SMILES string of the molecule is CCNC(=NCCCN1CCOCC1)NCC.I. The predicted octanol–water partition coefficient (Wildman–Crippen LogP) is 0.902. The van der Waals surface area contributed by atoms with Gasteiger partial charge in [-0.3, -0.25) is 9.89 Å². The van der Waals surface area contributed by atoms with Gasteiger partial charge in [-0.2, -0.15) is 0 Å². The van der Waals surface area contributed by atoms with Crippen LogP contribution in [0.15, 0.2) is 4.99 Å². The Hall–Kier alpha value is -0.0800. The van der Waals surface area contributed by atoms with E-state index in [-0.39, 0.29) is 24.0 Å². The first-order valence-corrected chi connectivity index (χ1v) is 6.69. The maximum Gasteiger partial charge on any atom is 0.191 e. The van der Waals surface area contributed by atoms with E-state index in [0.717, 1.165) is 64.9 Å². The number of nitrogens with one attached hydrogen (secondary N) is 2. The van der Waals surface area contributed by atoms with Crippen molar-refractivity contribution >= 4 is 29.9 Å². The molecule has 0 aliphatic carbocycles. The van der Waals surface area contributed by atoms with E-state index < -0.39 is 0 Å². The van der Waals surface area contributed by atoms with Gasteiger partial charge in [0.2, 0.25) is 0 Å². The van der Waals surface area contributed by atoms with Crippen LogP contribution in [0.1, 0.15) is 20.3 Å². The number of aliphatic imine (C=N–C) groups is 1. The summed E-state index contributed by atoms with van der Waals surface area (Å²) in [5.74, 6) is 0.928. The van der Waals surface area contributed by atoms with Gasteiger partial charge >= 0.3 is 0 Å². The highest BCUT2D eigenvalue weighted by atomic mass is 127. The Bertz CT molecular complexity index is 212. The summed E-state index contributed by atoms with van der Waals surface area (Å²) in [5.41, 5.74) is 0. The molecule has 6 heteroatoms. The smallest absolute Gasteiger partial charge is 0.191 e. The zero-order valence-corrected chi connectivity index (χ0v) is 13.9. The molecule has 5 nitrogen and oxygen atoms in total. The Balaban J connectivity index is 0.00000289. The monoisotopic (exact) mass is 370 g/mol. The van der Waals surface area contributed by atoms with Gasteiger partial charge in [0.1, 0.15) is 0 Å². The molecule has 1 fully saturated rings. The molecule has 0 unspecified atom stereocenters. The van der Waals surface area contributed by atoms with Crippen LogP contribution in [0, 0.1) is 0 Å². The fraction of sp³-hybridized carbons (Fsp3) is 0.917. The van der Waals surface area contributed by atoms with Gasteiger partial charge < -0.3 is 15.4 Å². The van der Waals surface area contributed by atoms with E-state index in [1.807, 2.05) is 0 Å². The Morgan fingerprint density at radius 1 is 1.17 bits per heavy atom. The molecule has 0 radical (unpaired) electrons. The van der Waals surface area contributed by atoms with Crippen LogP contribution < -0.4 is 10.6 Å². The Morgan fingerprint density at radius 3 is 2.33 bits per heavy atom. The molecule has 0 atom stereocenters. The van der Waals surface area contributed by atoms with E-state index in [0.29, 0.717) is 0 Å². The van der Waals surface area contributed by atoms with Crippen molar-refractivity contribution in [1.82, 2.24) is 15.5 Å². The molecular formula is C12H27IN4O.